The number of halogens is 1. The molecule has 1 aromatic carbocycles. The molecule has 1 aliphatic rings. The monoisotopic (exact) mass is 281 g/mol. The van der Waals surface area contributed by atoms with Crippen molar-refractivity contribution in [2.24, 2.45) is 0 Å². The zero-order valence-corrected chi connectivity index (χ0v) is 11.5. The fourth-order valence-corrected chi connectivity index (χ4v) is 3.15. The Morgan fingerprint density at radius 3 is 3.00 bits per heavy atom. The first-order valence-electron chi connectivity index (χ1n) is 6.12. The molecule has 1 atom stereocenters. The molecule has 0 aromatic heterocycles. The number of aliphatic carboxylic acids is 1. The zero-order valence-electron chi connectivity index (χ0n) is 10.7. The van der Waals surface area contributed by atoms with Crippen LogP contribution in [0.1, 0.15) is 12.5 Å². The zero-order chi connectivity index (χ0) is 13.8. The van der Waals surface area contributed by atoms with E-state index in [4.69, 9.17) is 5.11 Å². The summed E-state index contributed by atoms with van der Waals surface area (Å²) in [6.45, 7) is 3.00. The highest BCUT2D eigenvalue weighted by atomic mass is 32.2. The summed E-state index contributed by atoms with van der Waals surface area (Å²) in [7, 11) is 0. The van der Waals surface area contributed by atoms with Crippen molar-refractivity contribution in [1.82, 2.24) is 0 Å². The van der Waals surface area contributed by atoms with Crippen molar-refractivity contribution < 1.29 is 14.3 Å². The Morgan fingerprint density at radius 2 is 2.32 bits per heavy atom. The van der Waals surface area contributed by atoms with Gasteiger partial charge in [0.05, 0.1) is 0 Å². The van der Waals surface area contributed by atoms with Gasteiger partial charge in [0.15, 0.2) is 0 Å². The van der Waals surface area contributed by atoms with Crippen molar-refractivity contribution >= 4 is 29.5 Å². The number of thioether (sulfide) groups is 1. The van der Waals surface area contributed by atoms with Gasteiger partial charge in [0, 0.05) is 35.9 Å². The molecule has 0 amide bonds. The summed E-state index contributed by atoms with van der Waals surface area (Å²) >= 11 is 1.90. The third kappa shape index (κ3) is 3.73. The van der Waals surface area contributed by atoms with Crippen molar-refractivity contribution in [3.8, 4) is 0 Å². The maximum atomic E-state index is 13.6. The predicted molar refractivity (Wildman–Crippen MR) is 77.2 cm³/mol. The third-order valence-corrected chi connectivity index (χ3v) is 4.21. The average Bonchev–Trinajstić information content (AvgIpc) is 2.36. The molecule has 19 heavy (non-hydrogen) atoms. The lowest BCUT2D eigenvalue weighted by Crippen LogP contribution is -2.40. The summed E-state index contributed by atoms with van der Waals surface area (Å²) in [5.41, 5.74) is 1.39. The van der Waals surface area contributed by atoms with Gasteiger partial charge in [-0.3, -0.25) is 0 Å². The largest absolute Gasteiger partial charge is 0.478 e. The molecule has 102 valence electrons. The molecule has 0 bridgehead atoms. The Hall–Kier alpha value is -1.49. The Kier molecular flexibility index (Phi) is 4.47. The number of hydrogen-bond acceptors (Lipinski definition) is 3. The van der Waals surface area contributed by atoms with Gasteiger partial charge in [-0.25, -0.2) is 9.18 Å². The van der Waals surface area contributed by atoms with Crippen molar-refractivity contribution in [2.75, 3.05) is 23.0 Å². The molecule has 1 unspecified atom stereocenters. The van der Waals surface area contributed by atoms with E-state index in [9.17, 15) is 9.18 Å². The summed E-state index contributed by atoms with van der Waals surface area (Å²) in [6, 6.07) is 5.03. The fraction of sp³-hybridized carbons (Fsp3) is 0.357. The van der Waals surface area contributed by atoms with Crippen LogP contribution in [-0.2, 0) is 4.79 Å². The van der Waals surface area contributed by atoms with Crippen molar-refractivity contribution in [3.63, 3.8) is 0 Å². The third-order valence-electron chi connectivity index (χ3n) is 3.02. The highest BCUT2D eigenvalue weighted by Gasteiger charge is 2.19. The molecular weight excluding hydrogens is 265 g/mol. The van der Waals surface area contributed by atoms with E-state index in [1.807, 2.05) is 17.8 Å². The second kappa shape index (κ2) is 6.10. The molecule has 1 heterocycles. The standard InChI is InChI=1S/C14H16FNO2S/c1-10-9-19-5-4-16(10)13-7-11(2-3-14(17)18)6-12(15)8-13/h2-3,6-8,10H,4-5,9H2,1H3,(H,17,18)/b3-2+. The maximum Gasteiger partial charge on any atom is 0.328 e. The first-order chi connectivity index (χ1) is 9.06. The number of carboxylic acid groups (broad SMARTS) is 1. The lowest BCUT2D eigenvalue weighted by molar-refractivity contribution is -0.131. The van der Waals surface area contributed by atoms with Gasteiger partial charge in [-0.15, -0.1) is 0 Å². The number of nitrogens with zero attached hydrogens (tertiary/aromatic N) is 1. The molecule has 1 fully saturated rings. The van der Waals surface area contributed by atoms with Crippen molar-refractivity contribution in [1.29, 1.82) is 0 Å². The second-order valence-corrected chi connectivity index (χ2v) is 5.68. The predicted octanol–water partition coefficient (Wildman–Crippen LogP) is 2.87. The van der Waals surface area contributed by atoms with E-state index >= 15 is 0 Å². The van der Waals surface area contributed by atoms with Crippen LogP contribution in [0.3, 0.4) is 0 Å². The van der Waals surface area contributed by atoms with Gasteiger partial charge in [-0.1, -0.05) is 0 Å². The number of rotatable bonds is 3. The van der Waals surface area contributed by atoms with E-state index in [-0.39, 0.29) is 5.82 Å². The second-order valence-electron chi connectivity index (χ2n) is 4.53. The van der Waals surface area contributed by atoms with Gasteiger partial charge in [-0.05, 0) is 36.8 Å². The summed E-state index contributed by atoms with van der Waals surface area (Å²) in [6.07, 6.45) is 2.44. The van der Waals surface area contributed by atoms with E-state index in [0.29, 0.717) is 11.6 Å². The summed E-state index contributed by atoms with van der Waals surface area (Å²) in [4.78, 5) is 12.7. The Balaban J connectivity index is 2.27. The van der Waals surface area contributed by atoms with Crippen LogP contribution in [0.25, 0.3) is 6.08 Å². The topological polar surface area (TPSA) is 40.5 Å². The van der Waals surface area contributed by atoms with E-state index in [2.05, 4.69) is 11.8 Å². The average molecular weight is 281 g/mol. The van der Waals surface area contributed by atoms with E-state index in [0.717, 1.165) is 29.8 Å². The Labute approximate surface area is 116 Å². The molecule has 2 rings (SSSR count). The molecule has 1 saturated heterocycles. The lowest BCUT2D eigenvalue weighted by atomic mass is 10.1. The molecule has 0 spiro atoms. The minimum atomic E-state index is -1.03. The highest BCUT2D eigenvalue weighted by Crippen LogP contribution is 2.26. The maximum absolute atomic E-state index is 13.6. The van der Waals surface area contributed by atoms with Gasteiger partial charge in [0.1, 0.15) is 5.82 Å². The number of benzene rings is 1. The van der Waals surface area contributed by atoms with Crippen LogP contribution in [0.2, 0.25) is 0 Å². The SMILES string of the molecule is CC1CSCCN1c1cc(F)cc(/C=C/C(=O)O)c1. The molecular formula is C14H16FNO2S. The normalized spacial score (nSPS) is 19.9. The molecule has 1 aliphatic heterocycles. The summed E-state index contributed by atoms with van der Waals surface area (Å²) < 4.78 is 13.6. The van der Waals surface area contributed by atoms with Gasteiger partial charge >= 0.3 is 5.97 Å². The van der Waals surface area contributed by atoms with Crippen molar-refractivity contribution in [2.45, 2.75) is 13.0 Å². The van der Waals surface area contributed by atoms with Gasteiger partial charge in [0.2, 0.25) is 0 Å². The van der Waals surface area contributed by atoms with E-state index in [1.165, 1.54) is 18.2 Å². The smallest absolute Gasteiger partial charge is 0.328 e. The molecule has 0 saturated carbocycles. The minimum Gasteiger partial charge on any atom is -0.478 e. The van der Waals surface area contributed by atoms with Crippen LogP contribution in [0.15, 0.2) is 24.3 Å². The van der Waals surface area contributed by atoms with Gasteiger partial charge < -0.3 is 10.0 Å². The minimum absolute atomic E-state index is 0.340. The molecule has 5 heteroatoms. The first-order valence-corrected chi connectivity index (χ1v) is 7.28. The number of hydrogen-bond donors (Lipinski definition) is 1. The molecule has 1 aromatic rings. The fourth-order valence-electron chi connectivity index (χ4n) is 2.14. The number of anilines is 1. The molecule has 1 N–H and O–H groups in total. The number of carbonyl (C=O) groups is 1. The van der Waals surface area contributed by atoms with Crippen LogP contribution < -0.4 is 4.90 Å². The molecule has 0 aliphatic carbocycles. The highest BCUT2D eigenvalue weighted by molar-refractivity contribution is 7.99. The Bertz CT molecular complexity index is 504. The quantitative estimate of drug-likeness (QED) is 0.865. The van der Waals surface area contributed by atoms with Gasteiger partial charge in [0.25, 0.3) is 0 Å². The van der Waals surface area contributed by atoms with Crippen molar-refractivity contribution in [3.05, 3.63) is 35.7 Å². The number of carboxylic acids is 1. The Morgan fingerprint density at radius 1 is 1.53 bits per heavy atom. The van der Waals surface area contributed by atoms with E-state index < -0.39 is 5.97 Å². The van der Waals surface area contributed by atoms with Crippen LogP contribution >= 0.6 is 11.8 Å². The van der Waals surface area contributed by atoms with Crippen LogP contribution in [-0.4, -0.2) is 35.2 Å². The van der Waals surface area contributed by atoms with Crippen LogP contribution in [0.4, 0.5) is 10.1 Å². The van der Waals surface area contributed by atoms with Gasteiger partial charge in [-0.2, -0.15) is 11.8 Å². The summed E-state index contributed by atoms with van der Waals surface area (Å²) in [5, 5.41) is 8.61. The van der Waals surface area contributed by atoms with E-state index in [1.54, 1.807) is 0 Å². The summed E-state index contributed by atoms with van der Waals surface area (Å²) in [5.74, 6) is 0.680. The lowest BCUT2D eigenvalue weighted by Gasteiger charge is -2.35. The van der Waals surface area contributed by atoms with Crippen LogP contribution in [0, 0.1) is 5.82 Å². The first kappa shape index (κ1) is 13.9. The molecule has 0 radical (unpaired) electrons. The molecule has 3 nitrogen and oxygen atoms in total. The van der Waals surface area contributed by atoms with Crippen LogP contribution in [0.5, 0.6) is 0 Å².